The molecule has 0 bridgehead atoms. The van der Waals surface area contributed by atoms with Crippen LogP contribution in [0.2, 0.25) is 0 Å². The molecule has 0 aliphatic heterocycles. The molecule has 1 unspecified atom stereocenters. The molecule has 1 aliphatic rings. The van der Waals surface area contributed by atoms with Crippen LogP contribution in [0.5, 0.6) is 0 Å². The molecule has 270 valence electrons. The fraction of sp³-hybridized carbons (Fsp3) is 0.0556. The maximum Gasteiger partial charge on any atom is 0.160 e. The third kappa shape index (κ3) is 5.96. The standard InChI is InChI=1S/C54H39N3/c1-36-31-37(2)52(55-35-36)41-27-25-38(26-28-41)42-29-30-49-47(33-42)46-23-12-13-24-48(46)54(49,44-20-10-5-11-21-44)45-22-14-19-43(32-45)53-56-50(39-15-6-3-7-16-39)34-51(57-53)40-17-8-4-9-18-40/h3-35H,1-2H3. The molecular formula is C54H39N3. The Morgan fingerprint density at radius 1 is 0.386 bits per heavy atom. The fourth-order valence-corrected chi connectivity index (χ4v) is 8.76. The van der Waals surface area contributed by atoms with Gasteiger partial charge in [0.2, 0.25) is 0 Å². The van der Waals surface area contributed by atoms with Gasteiger partial charge in [-0.2, -0.15) is 0 Å². The maximum absolute atomic E-state index is 5.22. The number of hydrogen-bond acceptors (Lipinski definition) is 3. The second-order valence-corrected chi connectivity index (χ2v) is 15.0. The van der Waals surface area contributed by atoms with E-state index in [0.717, 1.165) is 39.3 Å². The first kappa shape index (κ1) is 34.3. The molecule has 0 saturated heterocycles. The van der Waals surface area contributed by atoms with Gasteiger partial charge in [0.25, 0.3) is 0 Å². The molecule has 0 amide bonds. The van der Waals surface area contributed by atoms with Gasteiger partial charge in [-0.15, -0.1) is 0 Å². The minimum absolute atomic E-state index is 0.570. The lowest BCUT2D eigenvalue weighted by atomic mass is 9.67. The Morgan fingerprint density at radius 3 is 1.63 bits per heavy atom. The number of aryl methyl sites for hydroxylation is 2. The molecule has 0 spiro atoms. The molecule has 9 aromatic rings. The van der Waals surface area contributed by atoms with E-state index in [9.17, 15) is 0 Å². The van der Waals surface area contributed by atoms with Crippen LogP contribution in [0.3, 0.4) is 0 Å². The second kappa shape index (κ2) is 14.1. The predicted octanol–water partition coefficient (Wildman–Crippen LogP) is 13.2. The van der Waals surface area contributed by atoms with Crippen molar-refractivity contribution >= 4 is 0 Å². The van der Waals surface area contributed by atoms with Crippen molar-refractivity contribution in [3.8, 4) is 67.4 Å². The lowest BCUT2D eigenvalue weighted by Crippen LogP contribution is -2.28. The second-order valence-electron chi connectivity index (χ2n) is 15.0. The Labute approximate surface area is 334 Å². The summed E-state index contributed by atoms with van der Waals surface area (Å²) < 4.78 is 0. The Morgan fingerprint density at radius 2 is 0.947 bits per heavy atom. The van der Waals surface area contributed by atoms with Gasteiger partial charge in [-0.1, -0.05) is 176 Å². The highest BCUT2D eigenvalue weighted by Gasteiger charge is 2.46. The molecule has 57 heavy (non-hydrogen) atoms. The van der Waals surface area contributed by atoms with Crippen LogP contribution in [0.4, 0.5) is 0 Å². The van der Waals surface area contributed by atoms with Crippen molar-refractivity contribution in [3.05, 3.63) is 234 Å². The van der Waals surface area contributed by atoms with Crippen LogP contribution in [-0.4, -0.2) is 15.0 Å². The molecule has 0 fully saturated rings. The predicted molar refractivity (Wildman–Crippen MR) is 234 cm³/mol. The van der Waals surface area contributed by atoms with E-state index >= 15 is 0 Å². The maximum atomic E-state index is 5.22. The minimum atomic E-state index is -0.570. The van der Waals surface area contributed by atoms with Crippen LogP contribution in [0, 0.1) is 13.8 Å². The van der Waals surface area contributed by atoms with Crippen molar-refractivity contribution in [1.82, 2.24) is 15.0 Å². The zero-order chi connectivity index (χ0) is 38.3. The summed E-state index contributed by atoms with van der Waals surface area (Å²) in [5, 5.41) is 0. The van der Waals surface area contributed by atoms with Crippen LogP contribution in [0.1, 0.15) is 33.4 Å². The van der Waals surface area contributed by atoms with Gasteiger partial charge in [-0.05, 0) is 87.7 Å². The molecule has 10 rings (SSSR count). The Kier molecular flexibility index (Phi) is 8.49. The molecule has 3 heteroatoms. The average Bonchev–Trinajstić information content (AvgIpc) is 3.58. The molecule has 3 nitrogen and oxygen atoms in total. The van der Waals surface area contributed by atoms with E-state index in [1.807, 2.05) is 18.3 Å². The van der Waals surface area contributed by atoms with Gasteiger partial charge < -0.3 is 0 Å². The summed E-state index contributed by atoms with van der Waals surface area (Å²) in [5.74, 6) is 0.696. The van der Waals surface area contributed by atoms with E-state index in [1.165, 1.54) is 55.6 Å². The Hall–Kier alpha value is -7.23. The molecule has 0 saturated carbocycles. The van der Waals surface area contributed by atoms with Gasteiger partial charge in [-0.25, -0.2) is 9.97 Å². The summed E-state index contributed by atoms with van der Waals surface area (Å²) in [6, 6.07) is 69.6. The SMILES string of the molecule is Cc1cnc(-c2ccc(-c3ccc4c(c3)-c3ccccc3C4(c3ccccc3)c3cccc(-c4nc(-c5ccccc5)cc(-c5ccccc5)n4)c3)cc2)c(C)c1. The summed E-state index contributed by atoms with van der Waals surface area (Å²) in [6.45, 7) is 4.22. The number of pyridine rings is 1. The van der Waals surface area contributed by atoms with Gasteiger partial charge in [0, 0.05) is 28.5 Å². The zero-order valence-corrected chi connectivity index (χ0v) is 31.9. The van der Waals surface area contributed by atoms with Crippen molar-refractivity contribution in [1.29, 1.82) is 0 Å². The molecule has 2 heterocycles. The van der Waals surface area contributed by atoms with Crippen LogP contribution in [-0.2, 0) is 5.41 Å². The van der Waals surface area contributed by atoms with E-state index in [2.05, 4.69) is 196 Å². The Bertz CT molecular complexity index is 2840. The highest BCUT2D eigenvalue weighted by atomic mass is 14.9. The van der Waals surface area contributed by atoms with Gasteiger partial charge in [0.1, 0.15) is 0 Å². The molecule has 2 aromatic heterocycles. The number of rotatable bonds is 7. The highest BCUT2D eigenvalue weighted by molar-refractivity contribution is 5.89. The first-order valence-electron chi connectivity index (χ1n) is 19.5. The number of fused-ring (bicyclic) bond motifs is 3. The number of aromatic nitrogens is 3. The summed E-state index contributed by atoms with van der Waals surface area (Å²) in [4.78, 5) is 15.2. The zero-order valence-electron chi connectivity index (χ0n) is 31.9. The topological polar surface area (TPSA) is 38.7 Å². The summed E-state index contributed by atoms with van der Waals surface area (Å²) in [5.41, 5.74) is 18.6. The van der Waals surface area contributed by atoms with E-state index in [-0.39, 0.29) is 0 Å². The molecule has 0 radical (unpaired) electrons. The number of nitrogens with zero attached hydrogens (tertiary/aromatic N) is 3. The quantitative estimate of drug-likeness (QED) is 0.164. The number of benzene rings is 7. The van der Waals surface area contributed by atoms with Gasteiger partial charge in [0.05, 0.1) is 22.5 Å². The lowest BCUT2D eigenvalue weighted by Gasteiger charge is -2.34. The third-order valence-corrected chi connectivity index (χ3v) is 11.4. The molecular weight excluding hydrogens is 691 g/mol. The highest BCUT2D eigenvalue weighted by Crippen LogP contribution is 2.57. The van der Waals surface area contributed by atoms with Crippen molar-refractivity contribution in [2.45, 2.75) is 19.3 Å². The van der Waals surface area contributed by atoms with Crippen LogP contribution < -0.4 is 0 Å². The molecule has 7 aromatic carbocycles. The van der Waals surface area contributed by atoms with Crippen molar-refractivity contribution in [3.63, 3.8) is 0 Å². The first-order chi connectivity index (χ1) is 28.1. The van der Waals surface area contributed by atoms with Crippen LogP contribution >= 0.6 is 0 Å². The monoisotopic (exact) mass is 729 g/mol. The van der Waals surface area contributed by atoms with Crippen LogP contribution in [0.15, 0.2) is 200 Å². The van der Waals surface area contributed by atoms with Crippen molar-refractivity contribution in [2.24, 2.45) is 0 Å². The van der Waals surface area contributed by atoms with Gasteiger partial charge in [0.15, 0.2) is 5.82 Å². The summed E-state index contributed by atoms with van der Waals surface area (Å²) >= 11 is 0. The van der Waals surface area contributed by atoms with E-state index in [4.69, 9.17) is 15.0 Å². The molecule has 1 aliphatic carbocycles. The summed E-state index contributed by atoms with van der Waals surface area (Å²) in [7, 11) is 0. The minimum Gasteiger partial charge on any atom is -0.256 e. The Balaban J connectivity index is 1.14. The molecule has 0 N–H and O–H groups in total. The van der Waals surface area contributed by atoms with Crippen molar-refractivity contribution in [2.75, 3.05) is 0 Å². The fourth-order valence-electron chi connectivity index (χ4n) is 8.76. The number of hydrogen-bond donors (Lipinski definition) is 0. The van der Waals surface area contributed by atoms with Gasteiger partial charge in [-0.3, -0.25) is 4.98 Å². The van der Waals surface area contributed by atoms with Gasteiger partial charge >= 0.3 is 0 Å². The normalized spacial score (nSPS) is 14.2. The summed E-state index contributed by atoms with van der Waals surface area (Å²) in [6.07, 6.45) is 1.94. The lowest BCUT2D eigenvalue weighted by molar-refractivity contribution is 0.768. The average molecular weight is 730 g/mol. The van der Waals surface area contributed by atoms with E-state index in [0.29, 0.717) is 5.82 Å². The smallest absolute Gasteiger partial charge is 0.160 e. The van der Waals surface area contributed by atoms with E-state index < -0.39 is 5.41 Å². The van der Waals surface area contributed by atoms with E-state index in [1.54, 1.807) is 0 Å². The largest absolute Gasteiger partial charge is 0.256 e. The first-order valence-corrected chi connectivity index (χ1v) is 19.5. The van der Waals surface area contributed by atoms with Crippen LogP contribution in [0.25, 0.3) is 67.4 Å². The molecule has 1 atom stereocenters. The third-order valence-electron chi connectivity index (χ3n) is 11.4. The van der Waals surface area contributed by atoms with Crippen molar-refractivity contribution < 1.29 is 0 Å².